The van der Waals surface area contributed by atoms with Gasteiger partial charge in [0.15, 0.2) is 0 Å². The van der Waals surface area contributed by atoms with E-state index in [1.54, 1.807) is 7.11 Å². The van der Waals surface area contributed by atoms with E-state index in [1.165, 1.54) is 32.1 Å². The van der Waals surface area contributed by atoms with Gasteiger partial charge in [-0.3, -0.25) is 0 Å². The van der Waals surface area contributed by atoms with Crippen molar-refractivity contribution < 1.29 is 4.74 Å². The maximum Gasteiger partial charge on any atom is 0.118 e. The first-order valence-electron chi connectivity index (χ1n) is 9.15. The van der Waals surface area contributed by atoms with E-state index in [9.17, 15) is 0 Å². The number of imidazole rings is 1. The van der Waals surface area contributed by atoms with E-state index >= 15 is 0 Å². The summed E-state index contributed by atoms with van der Waals surface area (Å²) in [5, 5.41) is 0. The highest BCUT2D eigenvalue weighted by Crippen LogP contribution is 2.36. The molecule has 0 atom stereocenters. The van der Waals surface area contributed by atoms with Gasteiger partial charge in [-0.25, -0.2) is 4.98 Å². The van der Waals surface area contributed by atoms with E-state index in [4.69, 9.17) is 9.72 Å². The number of aromatic nitrogens is 2. The third-order valence-corrected chi connectivity index (χ3v) is 5.14. The molecule has 25 heavy (non-hydrogen) atoms. The van der Waals surface area contributed by atoms with Crippen LogP contribution in [0.4, 0.5) is 0 Å². The number of H-pyrrole nitrogens is 1. The Labute approximate surface area is 149 Å². The molecule has 2 aromatic carbocycles. The zero-order chi connectivity index (χ0) is 17.1. The summed E-state index contributed by atoms with van der Waals surface area (Å²) < 4.78 is 5.29. The second kappa shape index (κ2) is 7.14. The zero-order valence-corrected chi connectivity index (χ0v) is 14.7. The van der Waals surface area contributed by atoms with Crippen LogP contribution in [0.15, 0.2) is 54.6 Å². The number of rotatable bonds is 4. The summed E-state index contributed by atoms with van der Waals surface area (Å²) in [7, 11) is 1.70. The van der Waals surface area contributed by atoms with Gasteiger partial charge in [0.25, 0.3) is 0 Å². The first-order valence-corrected chi connectivity index (χ1v) is 9.15. The van der Waals surface area contributed by atoms with Crippen LogP contribution in [0.25, 0.3) is 22.5 Å². The first kappa shape index (κ1) is 15.9. The van der Waals surface area contributed by atoms with Gasteiger partial charge in [-0.2, -0.15) is 0 Å². The highest BCUT2D eigenvalue weighted by molar-refractivity contribution is 5.78. The van der Waals surface area contributed by atoms with Gasteiger partial charge in [0.1, 0.15) is 11.6 Å². The molecule has 1 saturated carbocycles. The fourth-order valence-corrected chi connectivity index (χ4v) is 3.73. The largest absolute Gasteiger partial charge is 0.497 e. The van der Waals surface area contributed by atoms with Crippen LogP contribution in [0.3, 0.4) is 0 Å². The Morgan fingerprint density at radius 2 is 1.60 bits per heavy atom. The second-order valence-corrected chi connectivity index (χ2v) is 6.78. The lowest BCUT2D eigenvalue weighted by Crippen LogP contribution is -2.06. The third kappa shape index (κ3) is 3.32. The highest BCUT2D eigenvalue weighted by Gasteiger charge is 2.22. The normalized spacial score (nSPS) is 15.2. The SMILES string of the molecule is COc1ccc(-c2[nH]c(C3CCCCC3)nc2-c2ccccc2)cc1. The average molecular weight is 332 g/mol. The summed E-state index contributed by atoms with van der Waals surface area (Å²) in [5.74, 6) is 2.57. The number of nitrogens with zero attached hydrogens (tertiary/aromatic N) is 1. The molecular formula is C22H24N2O. The highest BCUT2D eigenvalue weighted by atomic mass is 16.5. The molecule has 0 bridgehead atoms. The van der Waals surface area contributed by atoms with Gasteiger partial charge in [-0.1, -0.05) is 49.6 Å². The molecule has 0 spiro atoms. The van der Waals surface area contributed by atoms with Crippen LogP contribution in [-0.2, 0) is 0 Å². The first-order chi connectivity index (χ1) is 12.3. The van der Waals surface area contributed by atoms with Crippen LogP contribution in [0.5, 0.6) is 5.75 Å². The monoisotopic (exact) mass is 332 g/mol. The Balaban J connectivity index is 1.78. The number of aromatic amines is 1. The van der Waals surface area contributed by atoms with Crippen LogP contribution < -0.4 is 4.74 Å². The van der Waals surface area contributed by atoms with Crippen molar-refractivity contribution in [2.75, 3.05) is 7.11 Å². The summed E-state index contributed by atoms with van der Waals surface area (Å²) in [4.78, 5) is 8.69. The summed E-state index contributed by atoms with van der Waals surface area (Å²) in [6.07, 6.45) is 6.45. The van der Waals surface area contributed by atoms with E-state index in [1.807, 2.05) is 18.2 Å². The Morgan fingerprint density at radius 3 is 2.28 bits per heavy atom. The van der Waals surface area contributed by atoms with E-state index in [-0.39, 0.29) is 0 Å². The fourth-order valence-electron chi connectivity index (χ4n) is 3.73. The second-order valence-electron chi connectivity index (χ2n) is 6.78. The van der Waals surface area contributed by atoms with Gasteiger partial charge in [0.05, 0.1) is 18.5 Å². The minimum Gasteiger partial charge on any atom is -0.497 e. The lowest BCUT2D eigenvalue weighted by Gasteiger charge is -2.19. The Hall–Kier alpha value is -2.55. The van der Waals surface area contributed by atoms with Gasteiger partial charge in [-0.05, 0) is 37.1 Å². The maximum absolute atomic E-state index is 5.29. The topological polar surface area (TPSA) is 37.9 Å². The van der Waals surface area contributed by atoms with Gasteiger partial charge in [-0.15, -0.1) is 0 Å². The fraction of sp³-hybridized carbons (Fsp3) is 0.318. The van der Waals surface area contributed by atoms with Crippen LogP contribution in [0.1, 0.15) is 43.8 Å². The molecule has 1 heterocycles. The minimum absolute atomic E-state index is 0.559. The molecule has 0 saturated heterocycles. The van der Waals surface area contributed by atoms with Crippen molar-refractivity contribution in [2.45, 2.75) is 38.0 Å². The summed E-state index contributed by atoms with van der Waals surface area (Å²) in [6.45, 7) is 0. The van der Waals surface area contributed by atoms with Crippen molar-refractivity contribution >= 4 is 0 Å². The van der Waals surface area contributed by atoms with Crippen LogP contribution in [0.2, 0.25) is 0 Å². The van der Waals surface area contributed by atoms with Crippen molar-refractivity contribution in [3.63, 3.8) is 0 Å². The molecule has 0 amide bonds. The zero-order valence-electron chi connectivity index (χ0n) is 14.7. The number of ether oxygens (including phenoxy) is 1. The van der Waals surface area contributed by atoms with Crippen molar-refractivity contribution in [1.82, 2.24) is 9.97 Å². The molecule has 1 aliphatic carbocycles. The molecule has 1 N–H and O–H groups in total. The smallest absolute Gasteiger partial charge is 0.118 e. The standard InChI is InChI=1S/C22H24N2O/c1-25-19-14-12-17(13-15-19)21-20(16-8-4-2-5-9-16)23-22(24-21)18-10-6-3-7-11-18/h2,4-5,8-9,12-15,18H,3,6-7,10-11H2,1H3,(H,23,24). The number of hydrogen-bond donors (Lipinski definition) is 1. The molecule has 1 aromatic heterocycles. The predicted octanol–water partition coefficient (Wildman–Crippen LogP) is 5.80. The molecule has 3 nitrogen and oxygen atoms in total. The molecule has 0 aliphatic heterocycles. The number of nitrogens with one attached hydrogen (secondary N) is 1. The van der Waals surface area contributed by atoms with Crippen molar-refractivity contribution in [2.24, 2.45) is 0 Å². The molecule has 0 radical (unpaired) electrons. The summed E-state index contributed by atoms with van der Waals surface area (Å²) >= 11 is 0. The van der Waals surface area contributed by atoms with Crippen molar-refractivity contribution in [3.8, 4) is 28.3 Å². The third-order valence-electron chi connectivity index (χ3n) is 5.14. The predicted molar refractivity (Wildman–Crippen MR) is 102 cm³/mol. The molecule has 3 aromatic rings. The number of benzene rings is 2. The van der Waals surface area contributed by atoms with E-state index < -0.39 is 0 Å². The minimum atomic E-state index is 0.559. The lowest BCUT2D eigenvalue weighted by molar-refractivity contribution is 0.415. The van der Waals surface area contributed by atoms with Crippen LogP contribution in [0, 0.1) is 0 Å². The Morgan fingerprint density at radius 1 is 0.880 bits per heavy atom. The molecule has 128 valence electrons. The average Bonchev–Trinajstić information content (AvgIpc) is 3.15. The molecule has 4 rings (SSSR count). The molecule has 0 unspecified atom stereocenters. The van der Waals surface area contributed by atoms with Gasteiger partial charge >= 0.3 is 0 Å². The van der Waals surface area contributed by atoms with E-state index in [0.717, 1.165) is 34.1 Å². The Kier molecular flexibility index (Phi) is 4.55. The molecular weight excluding hydrogens is 308 g/mol. The lowest BCUT2D eigenvalue weighted by atomic mass is 9.89. The van der Waals surface area contributed by atoms with Gasteiger partial charge in [0.2, 0.25) is 0 Å². The van der Waals surface area contributed by atoms with Crippen LogP contribution >= 0.6 is 0 Å². The van der Waals surface area contributed by atoms with Gasteiger partial charge in [0, 0.05) is 17.0 Å². The molecule has 1 fully saturated rings. The van der Waals surface area contributed by atoms with E-state index in [2.05, 4.69) is 41.4 Å². The summed E-state index contributed by atoms with van der Waals surface area (Å²) in [6, 6.07) is 18.7. The molecule has 3 heteroatoms. The quantitative estimate of drug-likeness (QED) is 0.655. The van der Waals surface area contributed by atoms with Crippen molar-refractivity contribution in [3.05, 3.63) is 60.4 Å². The van der Waals surface area contributed by atoms with E-state index in [0.29, 0.717) is 5.92 Å². The number of methoxy groups -OCH3 is 1. The number of hydrogen-bond acceptors (Lipinski definition) is 2. The van der Waals surface area contributed by atoms with Crippen LogP contribution in [-0.4, -0.2) is 17.1 Å². The Bertz CT molecular complexity index is 815. The maximum atomic E-state index is 5.29. The summed E-state index contributed by atoms with van der Waals surface area (Å²) in [5.41, 5.74) is 4.46. The van der Waals surface area contributed by atoms with Gasteiger partial charge < -0.3 is 9.72 Å². The van der Waals surface area contributed by atoms with Crippen molar-refractivity contribution in [1.29, 1.82) is 0 Å². The molecule has 1 aliphatic rings.